The summed E-state index contributed by atoms with van der Waals surface area (Å²) in [4.78, 5) is 27.2. The Morgan fingerprint density at radius 2 is 1.65 bits per heavy atom. The summed E-state index contributed by atoms with van der Waals surface area (Å²) in [6, 6.07) is 18.1. The molecule has 3 atom stereocenters. The lowest BCUT2D eigenvalue weighted by Gasteiger charge is -2.26. The minimum atomic E-state index is -1.19. The third-order valence-corrected chi connectivity index (χ3v) is 4.74. The van der Waals surface area contributed by atoms with Crippen LogP contribution in [0.1, 0.15) is 25.8 Å². The molecule has 1 saturated heterocycles. The SMILES string of the molecule is CC1CC(NC(=O)C(C)(N)c2ccccc2)C(=O)N1c1ccccc1.Cl. The standard InChI is InChI=1S/C20H23N3O2.ClH/c1-14-13-17(18(24)23(14)16-11-7-4-8-12-16)22-19(25)20(2,21)15-9-5-3-6-10-15;/h3-12,14,17H,13,21H2,1-2H3,(H,22,25);1H. The van der Waals surface area contributed by atoms with E-state index in [0.717, 1.165) is 5.69 Å². The Kier molecular flexibility index (Phi) is 6.05. The van der Waals surface area contributed by atoms with Crippen molar-refractivity contribution >= 4 is 29.9 Å². The highest BCUT2D eigenvalue weighted by Gasteiger charge is 2.41. The van der Waals surface area contributed by atoms with E-state index in [-0.39, 0.29) is 30.3 Å². The summed E-state index contributed by atoms with van der Waals surface area (Å²) in [5, 5.41) is 2.84. The number of carbonyl (C=O) groups is 2. The maximum Gasteiger partial charge on any atom is 0.249 e. The van der Waals surface area contributed by atoms with E-state index in [1.807, 2.05) is 67.6 Å². The molecule has 5 nitrogen and oxygen atoms in total. The van der Waals surface area contributed by atoms with Crippen LogP contribution in [0, 0.1) is 0 Å². The molecule has 2 aromatic rings. The fourth-order valence-corrected chi connectivity index (χ4v) is 3.25. The number of nitrogens with zero attached hydrogens (tertiary/aromatic N) is 1. The number of carbonyl (C=O) groups excluding carboxylic acids is 2. The Morgan fingerprint density at radius 3 is 2.23 bits per heavy atom. The first-order valence-electron chi connectivity index (χ1n) is 8.44. The van der Waals surface area contributed by atoms with Crippen LogP contribution in [0.3, 0.4) is 0 Å². The zero-order valence-corrected chi connectivity index (χ0v) is 15.7. The molecule has 26 heavy (non-hydrogen) atoms. The molecule has 1 aliphatic rings. The first-order chi connectivity index (χ1) is 11.9. The number of amides is 2. The van der Waals surface area contributed by atoms with Crippen LogP contribution in [0.15, 0.2) is 60.7 Å². The lowest BCUT2D eigenvalue weighted by atomic mass is 9.92. The number of para-hydroxylation sites is 1. The quantitative estimate of drug-likeness (QED) is 0.864. The molecule has 138 valence electrons. The number of nitrogens with one attached hydrogen (secondary N) is 1. The number of nitrogens with two attached hydrogens (primary N) is 1. The summed E-state index contributed by atoms with van der Waals surface area (Å²) >= 11 is 0. The molecule has 3 rings (SSSR count). The number of halogens is 1. The molecule has 0 aliphatic carbocycles. The Hall–Kier alpha value is -2.37. The van der Waals surface area contributed by atoms with Gasteiger partial charge in [-0.05, 0) is 38.0 Å². The van der Waals surface area contributed by atoms with Crippen molar-refractivity contribution in [1.29, 1.82) is 0 Å². The van der Waals surface area contributed by atoms with Gasteiger partial charge in [0.25, 0.3) is 0 Å². The lowest BCUT2D eigenvalue weighted by Crippen LogP contribution is -2.53. The number of benzene rings is 2. The predicted molar refractivity (Wildman–Crippen MR) is 105 cm³/mol. The van der Waals surface area contributed by atoms with Crippen molar-refractivity contribution < 1.29 is 9.59 Å². The van der Waals surface area contributed by atoms with E-state index < -0.39 is 11.6 Å². The van der Waals surface area contributed by atoms with Crippen LogP contribution in [0.25, 0.3) is 0 Å². The summed E-state index contributed by atoms with van der Waals surface area (Å²) in [5.41, 5.74) is 6.62. The van der Waals surface area contributed by atoms with E-state index in [9.17, 15) is 9.59 Å². The molecule has 3 unspecified atom stereocenters. The molecular formula is C20H24ClN3O2. The van der Waals surface area contributed by atoms with Gasteiger partial charge in [0.05, 0.1) is 0 Å². The first-order valence-corrected chi connectivity index (χ1v) is 8.44. The molecule has 1 fully saturated rings. The topological polar surface area (TPSA) is 75.4 Å². The second-order valence-corrected chi connectivity index (χ2v) is 6.72. The van der Waals surface area contributed by atoms with Crippen molar-refractivity contribution in [1.82, 2.24) is 5.32 Å². The Balaban J connectivity index is 0.00000243. The Morgan fingerprint density at radius 1 is 1.12 bits per heavy atom. The summed E-state index contributed by atoms with van der Waals surface area (Å²) in [5.74, 6) is -0.449. The van der Waals surface area contributed by atoms with Crippen molar-refractivity contribution in [3.63, 3.8) is 0 Å². The van der Waals surface area contributed by atoms with Gasteiger partial charge >= 0.3 is 0 Å². The van der Waals surface area contributed by atoms with Crippen LogP contribution in [0.2, 0.25) is 0 Å². The van der Waals surface area contributed by atoms with Crippen molar-refractivity contribution in [3.05, 3.63) is 66.2 Å². The monoisotopic (exact) mass is 373 g/mol. The Bertz CT molecular complexity index is 765. The number of hydrogen-bond acceptors (Lipinski definition) is 3. The first kappa shape index (κ1) is 19.9. The molecule has 0 spiro atoms. The van der Waals surface area contributed by atoms with Gasteiger partial charge in [-0.15, -0.1) is 12.4 Å². The van der Waals surface area contributed by atoms with E-state index in [4.69, 9.17) is 5.73 Å². The molecular weight excluding hydrogens is 350 g/mol. The fourth-order valence-electron chi connectivity index (χ4n) is 3.25. The van der Waals surface area contributed by atoms with Crippen LogP contribution in [0.5, 0.6) is 0 Å². The highest BCUT2D eigenvalue weighted by atomic mass is 35.5. The highest BCUT2D eigenvalue weighted by Crippen LogP contribution is 2.27. The maximum absolute atomic E-state index is 12.8. The van der Waals surface area contributed by atoms with Crippen molar-refractivity contribution in [2.24, 2.45) is 5.73 Å². The van der Waals surface area contributed by atoms with Gasteiger partial charge in [-0.2, -0.15) is 0 Å². The van der Waals surface area contributed by atoms with Crippen molar-refractivity contribution in [2.75, 3.05) is 4.90 Å². The number of anilines is 1. The van der Waals surface area contributed by atoms with Gasteiger partial charge in [0.15, 0.2) is 0 Å². The largest absolute Gasteiger partial charge is 0.342 e. The Labute approximate surface area is 160 Å². The summed E-state index contributed by atoms with van der Waals surface area (Å²) in [6.45, 7) is 3.64. The average molecular weight is 374 g/mol. The van der Waals surface area contributed by atoms with Gasteiger partial charge in [0, 0.05) is 11.7 Å². The van der Waals surface area contributed by atoms with Crippen molar-refractivity contribution in [2.45, 2.75) is 37.9 Å². The van der Waals surface area contributed by atoms with Gasteiger partial charge in [-0.25, -0.2) is 0 Å². The molecule has 6 heteroatoms. The molecule has 0 saturated carbocycles. The lowest BCUT2D eigenvalue weighted by molar-refractivity contribution is -0.130. The molecule has 0 bridgehead atoms. The van der Waals surface area contributed by atoms with Gasteiger partial charge in [0.1, 0.15) is 11.6 Å². The highest BCUT2D eigenvalue weighted by molar-refractivity contribution is 6.02. The zero-order chi connectivity index (χ0) is 18.0. The molecule has 1 heterocycles. The smallest absolute Gasteiger partial charge is 0.249 e. The van der Waals surface area contributed by atoms with E-state index in [0.29, 0.717) is 12.0 Å². The van der Waals surface area contributed by atoms with Gasteiger partial charge in [0.2, 0.25) is 11.8 Å². The van der Waals surface area contributed by atoms with Gasteiger partial charge < -0.3 is 16.0 Å². The molecule has 0 radical (unpaired) electrons. The summed E-state index contributed by atoms with van der Waals surface area (Å²) in [6.07, 6.45) is 0.560. The summed E-state index contributed by atoms with van der Waals surface area (Å²) < 4.78 is 0. The van der Waals surface area contributed by atoms with Gasteiger partial charge in [-0.3, -0.25) is 9.59 Å². The molecule has 1 aliphatic heterocycles. The van der Waals surface area contributed by atoms with Crippen LogP contribution in [-0.2, 0) is 15.1 Å². The molecule has 2 amide bonds. The second-order valence-electron chi connectivity index (χ2n) is 6.72. The second kappa shape index (κ2) is 7.89. The predicted octanol–water partition coefficient (Wildman–Crippen LogP) is 2.59. The van der Waals surface area contributed by atoms with E-state index in [1.54, 1.807) is 11.8 Å². The molecule has 3 N–H and O–H groups in total. The minimum absolute atomic E-state index is 0. The van der Waals surface area contributed by atoms with Gasteiger partial charge in [-0.1, -0.05) is 48.5 Å². The van der Waals surface area contributed by atoms with E-state index in [2.05, 4.69) is 5.32 Å². The molecule has 2 aromatic carbocycles. The average Bonchev–Trinajstić information content (AvgIpc) is 2.90. The summed E-state index contributed by atoms with van der Waals surface area (Å²) in [7, 11) is 0. The van der Waals surface area contributed by atoms with Crippen molar-refractivity contribution in [3.8, 4) is 0 Å². The van der Waals surface area contributed by atoms with Crippen LogP contribution >= 0.6 is 12.4 Å². The van der Waals surface area contributed by atoms with E-state index in [1.165, 1.54) is 0 Å². The van der Waals surface area contributed by atoms with Crippen LogP contribution in [0.4, 0.5) is 5.69 Å². The zero-order valence-electron chi connectivity index (χ0n) is 14.9. The third kappa shape index (κ3) is 3.74. The van der Waals surface area contributed by atoms with Crippen LogP contribution in [-0.4, -0.2) is 23.9 Å². The molecule has 0 aromatic heterocycles. The maximum atomic E-state index is 12.8. The van der Waals surface area contributed by atoms with E-state index >= 15 is 0 Å². The minimum Gasteiger partial charge on any atom is -0.342 e. The van der Waals surface area contributed by atoms with Crippen LogP contribution < -0.4 is 16.0 Å². The number of rotatable bonds is 4. The number of hydrogen-bond donors (Lipinski definition) is 2. The third-order valence-electron chi connectivity index (χ3n) is 4.74. The fraction of sp³-hybridized carbons (Fsp3) is 0.300. The normalized spacial score (nSPS) is 21.7.